The number of amides is 1. The van der Waals surface area contributed by atoms with Crippen molar-refractivity contribution in [2.24, 2.45) is 17.2 Å². The maximum atomic E-state index is 12.5. The van der Waals surface area contributed by atoms with E-state index in [-0.39, 0.29) is 32.2 Å². The fourth-order valence-corrected chi connectivity index (χ4v) is 5.49. The molecule has 16 heteroatoms. The summed E-state index contributed by atoms with van der Waals surface area (Å²) in [6.07, 6.45) is -7.87. The molecule has 1 saturated carbocycles. The van der Waals surface area contributed by atoms with Crippen molar-refractivity contribution < 1.29 is 48.6 Å². The van der Waals surface area contributed by atoms with Crippen molar-refractivity contribution in [1.29, 1.82) is 0 Å². The molecule has 13 atom stereocenters. The van der Waals surface area contributed by atoms with Crippen molar-refractivity contribution in [1.82, 2.24) is 16.0 Å². The third-order valence-electron chi connectivity index (χ3n) is 7.74. The summed E-state index contributed by atoms with van der Waals surface area (Å²) in [5.41, 5.74) is 16.6. The lowest BCUT2D eigenvalue weighted by molar-refractivity contribution is -0.307. The van der Waals surface area contributed by atoms with E-state index in [1.54, 1.807) is 7.05 Å². The SMILES string of the molecule is CN[C@@H]1[C@@H](O)[C@@H](O[C@@H]2[C@@H](O)[C@H](O[C@H]3O[C@H](CNCCF)CC[C@H]3N)[C@@H](N)C[C@H]2NC(=O)C(O)CN)OC[C@]1(C)O. The van der Waals surface area contributed by atoms with E-state index in [0.29, 0.717) is 19.4 Å². The minimum atomic E-state index is -1.50. The lowest BCUT2D eigenvalue weighted by atomic mass is 9.83. The highest BCUT2D eigenvalue weighted by molar-refractivity contribution is 5.81. The van der Waals surface area contributed by atoms with E-state index in [2.05, 4.69) is 16.0 Å². The number of likely N-dealkylation sites (N-methyl/N-ethyl adjacent to an activating group) is 1. The molecule has 3 fully saturated rings. The second-order valence-corrected chi connectivity index (χ2v) is 11.0. The number of carbonyl (C=O) groups is 1. The topological polar surface area (TPSA) is 249 Å². The summed E-state index contributed by atoms with van der Waals surface area (Å²) >= 11 is 0. The van der Waals surface area contributed by atoms with Crippen LogP contribution in [-0.4, -0.2) is 145 Å². The van der Waals surface area contributed by atoms with Gasteiger partial charge < -0.3 is 72.5 Å². The van der Waals surface area contributed by atoms with Crippen LogP contribution in [0.5, 0.6) is 0 Å². The van der Waals surface area contributed by atoms with Crippen molar-refractivity contribution in [3.63, 3.8) is 0 Å². The molecule has 0 spiro atoms. The van der Waals surface area contributed by atoms with Crippen LogP contribution in [0.15, 0.2) is 0 Å². The van der Waals surface area contributed by atoms with E-state index in [9.17, 15) is 29.6 Å². The van der Waals surface area contributed by atoms with E-state index >= 15 is 0 Å². The van der Waals surface area contributed by atoms with Crippen LogP contribution in [0.3, 0.4) is 0 Å². The normalized spacial score (nSPS) is 43.3. The van der Waals surface area contributed by atoms with Crippen LogP contribution in [0.1, 0.15) is 26.2 Å². The summed E-state index contributed by atoms with van der Waals surface area (Å²) in [6, 6.07) is -3.09. The van der Waals surface area contributed by atoms with Crippen molar-refractivity contribution in [3.05, 3.63) is 0 Å². The minimum Gasteiger partial charge on any atom is -0.388 e. The number of aliphatic hydroxyl groups excluding tert-OH is 3. The van der Waals surface area contributed by atoms with Crippen LogP contribution in [0.25, 0.3) is 0 Å². The molecule has 0 aromatic carbocycles. The molecule has 3 rings (SSSR count). The number of hydrogen-bond donors (Lipinski definition) is 10. The molecule has 40 heavy (non-hydrogen) atoms. The van der Waals surface area contributed by atoms with Crippen LogP contribution < -0.4 is 33.2 Å². The quantitative estimate of drug-likeness (QED) is 0.0969. The van der Waals surface area contributed by atoms with Gasteiger partial charge in [-0.05, 0) is 33.2 Å². The Kier molecular flexibility index (Phi) is 12.4. The second-order valence-electron chi connectivity index (χ2n) is 11.0. The standard InChI is InChI=1S/C24H47FN6O9/c1-24(36)10-37-23(17(34)20(24)29-2)40-19-14(31-21(35)15(32)8-26)7-13(28)18(16(19)33)39-22-12(27)4-3-11(38-22)9-30-6-5-25/h11-20,22-23,29-30,32-34,36H,3-10,26-28H2,1-2H3,(H,31,35)/t11-,12+,13-,14+,15?,16-,17+,18+,19-,20+,22+,23+,24-/m0/s1. The fourth-order valence-electron chi connectivity index (χ4n) is 5.49. The largest absolute Gasteiger partial charge is 0.388 e. The van der Waals surface area contributed by atoms with E-state index < -0.39 is 85.5 Å². The number of carbonyl (C=O) groups excluding carboxylic acids is 1. The van der Waals surface area contributed by atoms with Gasteiger partial charge in [0, 0.05) is 25.7 Å². The van der Waals surface area contributed by atoms with Gasteiger partial charge in [0.1, 0.15) is 42.8 Å². The van der Waals surface area contributed by atoms with Crippen molar-refractivity contribution in [2.75, 3.05) is 40.0 Å². The van der Waals surface area contributed by atoms with Crippen LogP contribution in [0.2, 0.25) is 0 Å². The third-order valence-corrected chi connectivity index (χ3v) is 7.74. The van der Waals surface area contributed by atoms with Crippen LogP contribution >= 0.6 is 0 Å². The molecule has 2 saturated heterocycles. The molecule has 0 aromatic rings. The highest BCUT2D eigenvalue weighted by Gasteiger charge is 2.52. The van der Waals surface area contributed by atoms with Gasteiger partial charge in [-0.2, -0.15) is 0 Å². The second kappa shape index (κ2) is 14.9. The predicted octanol–water partition coefficient (Wildman–Crippen LogP) is -4.90. The molecule has 0 radical (unpaired) electrons. The van der Waals surface area contributed by atoms with Crippen LogP contribution in [-0.2, 0) is 23.7 Å². The van der Waals surface area contributed by atoms with E-state index in [4.69, 9.17) is 36.1 Å². The molecule has 15 nitrogen and oxygen atoms in total. The summed E-state index contributed by atoms with van der Waals surface area (Å²) in [5.74, 6) is -0.790. The van der Waals surface area contributed by atoms with Crippen LogP contribution in [0, 0.1) is 0 Å². The zero-order chi connectivity index (χ0) is 29.6. The first kappa shape index (κ1) is 33.4. The molecule has 1 aliphatic carbocycles. The zero-order valence-corrected chi connectivity index (χ0v) is 23.0. The van der Waals surface area contributed by atoms with E-state index in [1.165, 1.54) is 6.92 Å². The average molecular weight is 583 g/mol. The number of aliphatic hydroxyl groups is 4. The van der Waals surface area contributed by atoms with Crippen molar-refractivity contribution in [2.45, 2.75) is 105 Å². The summed E-state index contributed by atoms with van der Waals surface area (Å²) in [4.78, 5) is 12.5. The number of alkyl halides is 1. The molecule has 2 heterocycles. The summed E-state index contributed by atoms with van der Waals surface area (Å²) in [5, 5.41) is 51.2. The number of hydrogen-bond acceptors (Lipinski definition) is 14. The van der Waals surface area contributed by atoms with Gasteiger partial charge in [0.05, 0.1) is 30.8 Å². The van der Waals surface area contributed by atoms with Gasteiger partial charge in [0.15, 0.2) is 12.6 Å². The molecule has 3 aliphatic rings. The molecule has 0 bridgehead atoms. The first-order valence-corrected chi connectivity index (χ1v) is 13.7. The summed E-state index contributed by atoms with van der Waals surface area (Å²) < 4.78 is 36.2. The van der Waals surface area contributed by atoms with Crippen molar-refractivity contribution >= 4 is 5.91 Å². The Labute approximate surface area is 233 Å². The molecule has 0 aromatic heterocycles. The smallest absolute Gasteiger partial charge is 0.250 e. The molecular weight excluding hydrogens is 535 g/mol. The molecule has 1 amide bonds. The Hall–Kier alpha value is -1.12. The Bertz CT molecular complexity index is 804. The molecule has 234 valence electrons. The van der Waals surface area contributed by atoms with Gasteiger partial charge in [-0.1, -0.05) is 0 Å². The molecule has 2 aliphatic heterocycles. The highest BCUT2D eigenvalue weighted by Crippen LogP contribution is 2.32. The Balaban J connectivity index is 1.78. The zero-order valence-electron chi connectivity index (χ0n) is 23.0. The lowest BCUT2D eigenvalue weighted by Crippen LogP contribution is -2.69. The number of halogens is 1. The number of nitrogens with two attached hydrogens (primary N) is 3. The van der Waals surface area contributed by atoms with Gasteiger partial charge in [0.2, 0.25) is 5.91 Å². The maximum absolute atomic E-state index is 12.5. The average Bonchev–Trinajstić information content (AvgIpc) is 2.91. The predicted molar refractivity (Wildman–Crippen MR) is 139 cm³/mol. The lowest BCUT2D eigenvalue weighted by Gasteiger charge is -2.49. The third kappa shape index (κ3) is 8.03. The summed E-state index contributed by atoms with van der Waals surface area (Å²) in [7, 11) is 1.56. The molecule has 13 N–H and O–H groups in total. The molecule has 1 unspecified atom stereocenters. The Morgan fingerprint density at radius 3 is 2.50 bits per heavy atom. The minimum absolute atomic E-state index is 0.0505. The fraction of sp³-hybridized carbons (Fsp3) is 0.958. The van der Waals surface area contributed by atoms with Gasteiger partial charge in [0.25, 0.3) is 0 Å². The van der Waals surface area contributed by atoms with Gasteiger partial charge in [-0.3, -0.25) is 4.79 Å². The van der Waals surface area contributed by atoms with Crippen molar-refractivity contribution in [3.8, 4) is 0 Å². The first-order chi connectivity index (χ1) is 18.9. The number of ether oxygens (including phenoxy) is 4. The van der Waals surface area contributed by atoms with E-state index in [0.717, 1.165) is 0 Å². The number of nitrogens with one attached hydrogen (secondary N) is 3. The first-order valence-electron chi connectivity index (χ1n) is 13.7. The highest BCUT2D eigenvalue weighted by atomic mass is 19.1. The van der Waals surface area contributed by atoms with Crippen LogP contribution in [0.4, 0.5) is 4.39 Å². The Morgan fingerprint density at radius 2 is 1.85 bits per heavy atom. The van der Waals surface area contributed by atoms with Gasteiger partial charge >= 0.3 is 0 Å². The summed E-state index contributed by atoms with van der Waals surface area (Å²) in [6.45, 7) is 1.06. The monoisotopic (exact) mass is 582 g/mol. The maximum Gasteiger partial charge on any atom is 0.250 e. The molecular formula is C24H47FN6O9. The number of rotatable bonds is 12. The van der Waals surface area contributed by atoms with Gasteiger partial charge in [-0.25, -0.2) is 4.39 Å². The van der Waals surface area contributed by atoms with Gasteiger partial charge in [-0.15, -0.1) is 0 Å². The van der Waals surface area contributed by atoms with E-state index in [1.807, 2.05) is 0 Å². The Morgan fingerprint density at radius 1 is 1.15 bits per heavy atom.